The van der Waals surface area contributed by atoms with Crippen molar-refractivity contribution in [2.45, 2.75) is 0 Å². The van der Waals surface area contributed by atoms with Crippen molar-refractivity contribution in [2.75, 3.05) is 0 Å². The van der Waals surface area contributed by atoms with Gasteiger partial charge in [0, 0.05) is 0 Å². The van der Waals surface area contributed by atoms with Gasteiger partial charge < -0.3 is 34.8 Å². The first kappa shape index (κ1) is 21.0. The number of H-pyrrole nitrogens is 2. The van der Waals surface area contributed by atoms with Crippen LogP contribution in [-0.2, 0) is 19.5 Å². The van der Waals surface area contributed by atoms with Crippen molar-refractivity contribution in [1.29, 1.82) is 0 Å². The van der Waals surface area contributed by atoms with Gasteiger partial charge in [0.05, 0.1) is 22.1 Å². The molecule has 0 fully saturated rings. The fraction of sp³-hybridized carbons (Fsp3) is 0. The summed E-state index contributed by atoms with van der Waals surface area (Å²) in [4.78, 5) is 20.6. The Hall–Kier alpha value is -2.27. The van der Waals surface area contributed by atoms with Crippen molar-refractivity contribution >= 4 is 22.1 Å². The minimum Gasteiger partial charge on any atom is -1.00 e. The molecule has 3 heterocycles. The largest absolute Gasteiger partial charge is 2.00 e. The predicted molar refractivity (Wildman–Crippen MR) is 94.4 cm³/mol. The van der Waals surface area contributed by atoms with E-state index in [0.717, 1.165) is 45.1 Å². The molecule has 0 amide bonds. The number of rotatable bonds is 2. The van der Waals surface area contributed by atoms with Gasteiger partial charge in [-0.25, -0.2) is 15.0 Å². The number of para-hydroxylation sites is 4. The Labute approximate surface area is 180 Å². The van der Waals surface area contributed by atoms with E-state index in [1.165, 1.54) is 0 Å². The summed E-state index contributed by atoms with van der Waals surface area (Å²) in [5, 5.41) is 0. The van der Waals surface area contributed by atoms with Crippen LogP contribution in [0.15, 0.2) is 66.7 Å². The van der Waals surface area contributed by atoms with Crippen LogP contribution in [0, 0.1) is 0 Å². The Morgan fingerprint density at radius 1 is 0.519 bits per heavy atom. The first-order chi connectivity index (χ1) is 11.9. The summed E-state index contributed by atoms with van der Waals surface area (Å²) in [6.45, 7) is 0. The van der Waals surface area contributed by atoms with Crippen molar-refractivity contribution in [3.05, 3.63) is 66.7 Å². The predicted octanol–water partition coefficient (Wildman–Crippen LogP) is -1.83. The quantitative estimate of drug-likeness (QED) is 0.313. The van der Waals surface area contributed by atoms with Gasteiger partial charge in [0.2, 0.25) is 0 Å². The molecule has 5 aromatic rings. The molecule has 27 heavy (non-hydrogen) atoms. The maximum atomic E-state index is 4.72. The monoisotopic (exact) mass is 445 g/mol. The third-order valence-electron chi connectivity index (χ3n) is 4.01. The molecule has 5 nitrogen and oxygen atoms in total. The van der Waals surface area contributed by atoms with Crippen LogP contribution in [0.1, 0.15) is 0 Å². The molecule has 0 aliphatic rings. The van der Waals surface area contributed by atoms with Crippen molar-refractivity contribution in [1.82, 2.24) is 24.9 Å². The number of nitrogens with zero attached hydrogens (tertiary/aromatic N) is 3. The second-order valence-corrected chi connectivity index (χ2v) is 5.61. The third-order valence-corrected chi connectivity index (χ3v) is 4.01. The van der Waals surface area contributed by atoms with Gasteiger partial charge >= 0.3 is 19.5 Å². The number of halogens is 2. The molecule has 0 aliphatic heterocycles. The average molecular weight is 448 g/mol. The summed E-state index contributed by atoms with van der Waals surface area (Å²) in [7, 11) is 0. The van der Waals surface area contributed by atoms with Crippen LogP contribution in [-0.4, -0.2) is 24.9 Å². The number of benzene rings is 2. The van der Waals surface area contributed by atoms with Gasteiger partial charge in [0.25, 0.3) is 0 Å². The third kappa shape index (κ3) is 3.88. The molecule has 2 N–H and O–H groups in total. The summed E-state index contributed by atoms with van der Waals surface area (Å²) in [5.41, 5.74) is 5.46. The summed E-state index contributed by atoms with van der Waals surface area (Å²) in [6.07, 6.45) is 0. The second kappa shape index (κ2) is 8.61. The van der Waals surface area contributed by atoms with Crippen molar-refractivity contribution < 1.29 is 44.3 Å². The van der Waals surface area contributed by atoms with Crippen molar-refractivity contribution in [3.8, 4) is 23.0 Å². The molecule has 0 saturated carbocycles. The van der Waals surface area contributed by atoms with Crippen molar-refractivity contribution in [2.24, 2.45) is 0 Å². The summed E-state index contributed by atoms with van der Waals surface area (Å²) < 4.78 is 0. The molecule has 8 heteroatoms. The van der Waals surface area contributed by atoms with Gasteiger partial charge in [-0.05, 0) is 36.4 Å². The Morgan fingerprint density at radius 2 is 0.963 bits per heavy atom. The molecular weight excluding hydrogens is 435 g/mol. The van der Waals surface area contributed by atoms with Crippen LogP contribution < -0.4 is 24.8 Å². The maximum Gasteiger partial charge on any atom is 2.00 e. The van der Waals surface area contributed by atoms with Crippen LogP contribution in [0.2, 0.25) is 0 Å². The Bertz CT molecular complexity index is 1030. The van der Waals surface area contributed by atoms with E-state index in [0.29, 0.717) is 0 Å². The zero-order valence-electron chi connectivity index (χ0n) is 14.2. The van der Waals surface area contributed by atoms with E-state index in [9.17, 15) is 0 Å². The molecule has 0 aliphatic carbocycles. The Balaban J connectivity index is 0.000000871. The van der Waals surface area contributed by atoms with Gasteiger partial charge in [0.1, 0.15) is 11.4 Å². The first-order valence-corrected chi connectivity index (χ1v) is 7.74. The number of hydrogen-bond acceptors (Lipinski definition) is 3. The maximum absolute atomic E-state index is 4.72. The smallest absolute Gasteiger partial charge is 1.00 e. The van der Waals surface area contributed by atoms with Crippen LogP contribution in [0.5, 0.6) is 0 Å². The molecule has 3 aromatic heterocycles. The van der Waals surface area contributed by atoms with Crippen LogP contribution in [0.4, 0.5) is 0 Å². The van der Waals surface area contributed by atoms with E-state index >= 15 is 0 Å². The van der Waals surface area contributed by atoms with Crippen LogP contribution >= 0.6 is 0 Å². The number of aromatic amines is 2. The minimum absolute atomic E-state index is 0. The summed E-state index contributed by atoms with van der Waals surface area (Å²) >= 11 is 0. The molecule has 5 rings (SSSR count). The Kier molecular flexibility index (Phi) is 6.71. The van der Waals surface area contributed by atoms with E-state index in [-0.39, 0.29) is 44.3 Å². The Morgan fingerprint density at radius 3 is 1.41 bits per heavy atom. The van der Waals surface area contributed by atoms with Gasteiger partial charge in [-0.3, -0.25) is 0 Å². The van der Waals surface area contributed by atoms with E-state index < -0.39 is 0 Å². The fourth-order valence-corrected chi connectivity index (χ4v) is 2.85. The van der Waals surface area contributed by atoms with E-state index in [1.54, 1.807) is 0 Å². The SMILES string of the molecule is [Cl-].[Cl-].[Zn+2].c1cc(-c2nc3ccccc3[nH]2)nc(-c2nc3ccccc3[nH]2)c1. The summed E-state index contributed by atoms with van der Waals surface area (Å²) in [5.74, 6) is 1.52. The zero-order valence-corrected chi connectivity index (χ0v) is 18.6. The second-order valence-electron chi connectivity index (χ2n) is 5.61. The number of fused-ring (bicyclic) bond motifs is 2. The van der Waals surface area contributed by atoms with E-state index in [4.69, 9.17) is 4.98 Å². The van der Waals surface area contributed by atoms with Gasteiger partial charge in [-0.2, -0.15) is 0 Å². The topological polar surface area (TPSA) is 70.2 Å². The van der Waals surface area contributed by atoms with Gasteiger partial charge in [-0.15, -0.1) is 0 Å². The molecule has 0 saturated heterocycles. The fourth-order valence-electron chi connectivity index (χ4n) is 2.85. The summed E-state index contributed by atoms with van der Waals surface area (Å²) in [6, 6.07) is 21.8. The standard InChI is InChI=1S/C19H13N5.2ClH.Zn/c1-2-7-13-12(6-1)21-18(22-13)16-10-5-11-17(20-16)19-23-14-8-3-4-9-15(14)24-19;;;/h1-11H,(H,21,22)(H,23,24);2*1H;/q;;;+2/p-2. The van der Waals surface area contributed by atoms with Crippen LogP contribution in [0.3, 0.4) is 0 Å². The van der Waals surface area contributed by atoms with E-state index in [1.807, 2.05) is 66.7 Å². The molecule has 0 unspecified atom stereocenters. The number of hydrogen-bond donors (Lipinski definition) is 2. The molecular formula is C19H13Cl2N5Zn. The normalized spacial score (nSPS) is 10.1. The van der Waals surface area contributed by atoms with Crippen molar-refractivity contribution in [3.63, 3.8) is 0 Å². The zero-order chi connectivity index (χ0) is 15.9. The first-order valence-electron chi connectivity index (χ1n) is 7.74. The van der Waals surface area contributed by atoms with Crippen LogP contribution in [0.25, 0.3) is 45.1 Å². The molecule has 130 valence electrons. The average Bonchev–Trinajstić information content (AvgIpc) is 3.26. The van der Waals surface area contributed by atoms with E-state index in [2.05, 4.69) is 19.9 Å². The van der Waals surface area contributed by atoms with Gasteiger partial charge in [-0.1, -0.05) is 30.3 Å². The van der Waals surface area contributed by atoms with Gasteiger partial charge in [0.15, 0.2) is 11.6 Å². The molecule has 0 bridgehead atoms. The molecule has 2 aromatic carbocycles. The molecule has 0 spiro atoms. The number of aromatic nitrogens is 5. The molecule has 0 radical (unpaired) electrons. The number of nitrogens with one attached hydrogen (secondary N) is 2. The molecule has 0 atom stereocenters. The number of imidazole rings is 2. The number of pyridine rings is 1. The minimum atomic E-state index is 0.